The molecule has 232 valence electrons. The van der Waals surface area contributed by atoms with Crippen molar-refractivity contribution in [1.29, 1.82) is 0 Å². The van der Waals surface area contributed by atoms with Crippen LogP contribution >= 0.6 is 49.9 Å². The van der Waals surface area contributed by atoms with E-state index in [4.69, 9.17) is 9.97 Å². The first-order valence-electron chi connectivity index (χ1n) is 15.9. The van der Waals surface area contributed by atoms with Crippen LogP contribution in [0.15, 0.2) is 150 Å². The number of aromatic nitrogens is 2. The van der Waals surface area contributed by atoms with E-state index in [-0.39, 0.29) is 0 Å². The van der Waals surface area contributed by atoms with Crippen LogP contribution in [-0.2, 0) is 0 Å². The molecule has 0 N–H and O–H groups in total. The molecule has 0 aliphatic carbocycles. The van der Waals surface area contributed by atoms with Gasteiger partial charge in [0.05, 0.1) is 20.4 Å². The lowest BCUT2D eigenvalue weighted by Gasteiger charge is -2.26. The second-order valence-electron chi connectivity index (χ2n) is 12.0. The van der Waals surface area contributed by atoms with Gasteiger partial charge in [0.2, 0.25) is 0 Å². The fourth-order valence-electron chi connectivity index (χ4n) is 6.61. The molecule has 0 unspecified atom stereocenters. The van der Waals surface area contributed by atoms with Gasteiger partial charge < -0.3 is 4.90 Å². The van der Waals surface area contributed by atoms with Crippen LogP contribution < -0.4 is 4.90 Å². The van der Waals surface area contributed by atoms with Crippen molar-refractivity contribution in [3.8, 4) is 21.1 Å². The number of thiazole rings is 2. The highest BCUT2D eigenvalue weighted by molar-refractivity contribution is 9.10. The fourth-order valence-corrected chi connectivity index (χ4v) is 10.1. The number of anilines is 3. The first-order chi connectivity index (χ1) is 24.1. The van der Waals surface area contributed by atoms with Crippen LogP contribution in [0, 0.1) is 0 Å². The second-order valence-corrected chi connectivity index (χ2v) is 16.0. The molecule has 0 fully saturated rings. The molecule has 0 bridgehead atoms. The molecular weight excluding hydrogens is 723 g/mol. The number of halogens is 1. The van der Waals surface area contributed by atoms with E-state index in [1.807, 2.05) is 23.5 Å². The Balaban J connectivity index is 1.10. The summed E-state index contributed by atoms with van der Waals surface area (Å²) >= 11 is 8.97. The van der Waals surface area contributed by atoms with E-state index >= 15 is 0 Å². The Morgan fingerprint density at radius 3 is 1.63 bits per heavy atom. The van der Waals surface area contributed by atoms with Gasteiger partial charge in [0.15, 0.2) is 0 Å². The third-order valence-corrected chi connectivity index (χ3v) is 12.9. The summed E-state index contributed by atoms with van der Waals surface area (Å²) in [7, 11) is 0. The van der Waals surface area contributed by atoms with Gasteiger partial charge in [-0.2, -0.15) is 0 Å². The van der Waals surface area contributed by atoms with Crippen molar-refractivity contribution in [3.63, 3.8) is 0 Å². The normalized spacial score (nSPS) is 11.8. The summed E-state index contributed by atoms with van der Waals surface area (Å²) in [5, 5.41) is 7.15. The van der Waals surface area contributed by atoms with Crippen LogP contribution in [0.5, 0.6) is 0 Å². The Hall–Kier alpha value is -4.92. The summed E-state index contributed by atoms with van der Waals surface area (Å²) in [6.07, 6.45) is 0. The summed E-state index contributed by atoms with van der Waals surface area (Å²) in [6.45, 7) is 0. The quantitative estimate of drug-likeness (QED) is 0.176. The predicted octanol–water partition coefficient (Wildman–Crippen LogP) is 14.0. The maximum absolute atomic E-state index is 4.91. The van der Waals surface area contributed by atoms with Crippen molar-refractivity contribution in [2.75, 3.05) is 4.90 Å². The van der Waals surface area contributed by atoms with Gasteiger partial charge >= 0.3 is 0 Å². The van der Waals surface area contributed by atoms with Gasteiger partial charge in [0.1, 0.15) is 10.0 Å². The lowest BCUT2D eigenvalue weighted by molar-refractivity contribution is 1.29. The van der Waals surface area contributed by atoms with Gasteiger partial charge in [-0.15, -0.1) is 34.0 Å². The third kappa shape index (κ3) is 5.04. The SMILES string of the molecule is Brc1ccc2c(ccc3c4cc(N(c5ccc(-c6nc7ccccc7s6)cc5)c5ccc(-c6nc7ccccc7s6)cc5)ccc4sc23)c1. The van der Waals surface area contributed by atoms with E-state index < -0.39 is 0 Å². The largest absolute Gasteiger partial charge is 0.310 e. The van der Waals surface area contributed by atoms with E-state index in [0.29, 0.717) is 0 Å². The third-order valence-electron chi connectivity index (χ3n) is 8.99. The van der Waals surface area contributed by atoms with Crippen LogP contribution in [0.4, 0.5) is 17.1 Å². The monoisotopic (exact) mass is 745 g/mol. The average Bonchev–Trinajstić information content (AvgIpc) is 3.87. The number of fused-ring (bicyclic) bond motifs is 7. The molecule has 7 heteroatoms. The molecule has 7 aromatic carbocycles. The highest BCUT2D eigenvalue weighted by atomic mass is 79.9. The van der Waals surface area contributed by atoms with Crippen LogP contribution in [-0.4, -0.2) is 9.97 Å². The lowest BCUT2D eigenvalue weighted by Crippen LogP contribution is -2.09. The minimum Gasteiger partial charge on any atom is -0.310 e. The van der Waals surface area contributed by atoms with Gasteiger partial charge in [-0.05, 0) is 114 Å². The molecular formula is C42H24BrN3S3. The number of para-hydroxylation sites is 2. The Morgan fingerprint density at radius 1 is 0.449 bits per heavy atom. The number of nitrogens with zero attached hydrogens (tertiary/aromatic N) is 3. The summed E-state index contributed by atoms with van der Waals surface area (Å²) in [4.78, 5) is 12.2. The zero-order valence-corrected chi connectivity index (χ0v) is 29.8. The Labute approximate surface area is 302 Å². The van der Waals surface area contributed by atoms with Crippen molar-refractivity contribution in [3.05, 3.63) is 150 Å². The van der Waals surface area contributed by atoms with Crippen LogP contribution in [0.3, 0.4) is 0 Å². The van der Waals surface area contributed by atoms with Gasteiger partial charge in [-0.25, -0.2) is 9.97 Å². The Morgan fingerprint density at radius 2 is 1.02 bits per heavy atom. The zero-order valence-electron chi connectivity index (χ0n) is 25.8. The molecule has 3 heterocycles. The minimum atomic E-state index is 1.03. The number of hydrogen-bond acceptors (Lipinski definition) is 6. The second kappa shape index (κ2) is 11.6. The van der Waals surface area contributed by atoms with Crippen LogP contribution in [0.2, 0.25) is 0 Å². The minimum absolute atomic E-state index is 1.03. The molecule has 10 rings (SSSR count). The molecule has 0 atom stereocenters. The summed E-state index contributed by atoms with van der Waals surface area (Å²) < 4.78 is 6.11. The fraction of sp³-hybridized carbons (Fsp3) is 0. The number of rotatable bonds is 5. The number of benzene rings is 7. The predicted molar refractivity (Wildman–Crippen MR) is 216 cm³/mol. The summed E-state index contributed by atoms with van der Waals surface area (Å²) in [5.41, 5.74) is 7.61. The van der Waals surface area contributed by atoms with Gasteiger partial charge in [-0.3, -0.25) is 0 Å². The van der Waals surface area contributed by atoms with Crippen molar-refractivity contribution in [1.82, 2.24) is 9.97 Å². The topological polar surface area (TPSA) is 29.0 Å². The van der Waals surface area contributed by atoms with E-state index in [2.05, 4.69) is 154 Å². The number of hydrogen-bond donors (Lipinski definition) is 0. The van der Waals surface area contributed by atoms with E-state index in [9.17, 15) is 0 Å². The van der Waals surface area contributed by atoms with Crippen LogP contribution in [0.1, 0.15) is 0 Å². The molecule has 3 aromatic heterocycles. The molecule has 0 saturated heterocycles. The van der Waals surface area contributed by atoms with Crippen LogP contribution in [0.25, 0.3) is 72.5 Å². The average molecular weight is 747 g/mol. The lowest BCUT2D eigenvalue weighted by atomic mass is 10.1. The molecule has 3 nitrogen and oxygen atoms in total. The number of thiophene rings is 1. The molecule has 0 saturated carbocycles. The Bertz CT molecular complexity index is 2670. The Kier molecular flexibility index (Phi) is 6.88. The molecule has 0 amide bonds. The molecule has 0 aliphatic heterocycles. The summed E-state index contributed by atoms with van der Waals surface area (Å²) in [5.74, 6) is 0. The van der Waals surface area contributed by atoms with E-state index in [1.165, 1.54) is 40.3 Å². The standard InChI is InChI=1S/C42H24BrN3S3/c43-28-14-21-32-27(23-28)13-20-33-34-24-31(19-22-37(34)47-40(32)33)46(29-15-9-25(10-16-29)41-44-35-5-1-3-7-38(35)48-41)30-17-11-26(12-18-30)42-45-36-6-2-4-8-39(36)49-42/h1-24H. The first kappa shape index (κ1) is 29.0. The summed E-state index contributed by atoms with van der Waals surface area (Å²) in [6, 6.07) is 52.2. The van der Waals surface area contributed by atoms with Gasteiger partial charge in [0.25, 0.3) is 0 Å². The maximum Gasteiger partial charge on any atom is 0.124 e. The molecule has 0 aliphatic rings. The molecule has 0 radical (unpaired) electrons. The van der Waals surface area contributed by atoms with Gasteiger partial charge in [-0.1, -0.05) is 58.4 Å². The van der Waals surface area contributed by atoms with Crippen molar-refractivity contribution in [2.24, 2.45) is 0 Å². The molecule has 0 spiro atoms. The zero-order chi connectivity index (χ0) is 32.5. The van der Waals surface area contributed by atoms with Crippen molar-refractivity contribution in [2.45, 2.75) is 0 Å². The van der Waals surface area contributed by atoms with E-state index in [1.54, 1.807) is 22.7 Å². The molecule has 10 aromatic rings. The van der Waals surface area contributed by atoms with Crippen molar-refractivity contribution >= 4 is 118 Å². The maximum atomic E-state index is 4.91. The van der Waals surface area contributed by atoms with E-state index in [0.717, 1.165) is 53.7 Å². The van der Waals surface area contributed by atoms with Crippen molar-refractivity contribution < 1.29 is 0 Å². The highest BCUT2D eigenvalue weighted by Gasteiger charge is 2.17. The first-order valence-corrected chi connectivity index (χ1v) is 19.2. The smallest absolute Gasteiger partial charge is 0.124 e. The van der Waals surface area contributed by atoms with Gasteiger partial charge in [0, 0.05) is 52.8 Å². The molecule has 49 heavy (non-hydrogen) atoms. The highest BCUT2D eigenvalue weighted by Crippen LogP contribution is 2.44.